The van der Waals surface area contributed by atoms with Crippen LogP contribution in [0.2, 0.25) is 0 Å². The summed E-state index contributed by atoms with van der Waals surface area (Å²) in [5, 5.41) is 11.6. The summed E-state index contributed by atoms with van der Waals surface area (Å²) in [6.07, 6.45) is 0. The van der Waals surface area contributed by atoms with Gasteiger partial charge in [0.2, 0.25) is 11.1 Å². The molecule has 0 unspecified atom stereocenters. The first kappa shape index (κ1) is 17.8. The number of halogens is 1. The Morgan fingerprint density at radius 2 is 2.13 bits per heavy atom. The largest absolute Gasteiger partial charge is 0.353 e. The van der Waals surface area contributed by atoms with Crippen molar-refractivity contribution in [3.8, 4) is 11.4 Å². The summed E-state index contributed by atoms with van der Waals surface area (Å²) in [5.41, 5.74) is 0.860. The second kappa shape index (κ2) is 7.83. The summed E-state index contributed by atoms with van der Waals surface area (Å²) in [5.74, 6) is 7.21. The van der Waals surface area contributed by atoms with Crippen LogP contribution in [0.5, 0.6) is 0 Å². The molecule has 0 aliphatic rings. The average Bonchev–Trinajstić information content (AvgIpc) is 2.86. The summed E-state index contributed by atoms with van der Waals surface area (Å²) >= 11 is 4.69. The summed E-state index contributed by atoms with van der Waals surface area (Å²) in [6.45, 7) is 6.13. The van der Waals surface area contributed by atoms with Crippen LogP contribution < -0.4 is 11.2 Å². The van der Waals surface area contributed by atoms with Crippen LogP contribution in [-0.4, -0.2) is 32.6 Å². The third kappa shape index (κ3) is 4.71. The van der Waals surface area contributed by atoms with Gasteiger partial charge >= 0.3 is 0 Å². The van der Waals surface area contributed by atoms with E-state index in [2.05, 4.69) is 45.3 Å². The van der Waals surface area contributed by atoms with Gasteiger partial charge in [0.1, 0.15) is 0 Å². The van der Waals surface area contributed by atoms with E-state index in [1.165, 1.54) is 16.4 Å². The molecule has 0 bridgehead atoms. The van der Waals surface area contributed by atoms with E-state index in [0.717, 1.165) is 10.0 Å². The van der Waals surface area contributed by atoms with Gasteiger partial charge in [-0.15, -0.1) is 10.2 Å². The highest BCUT2D eigenvalue weighted by Crippen LogP contribution is 2.23. The Bertz CT molecular complexity index is 688. The minimum Gasteiger partial charge on any atom is -0.353 e. The van der Waals surface area contributed by atoms with E-state index in [1.54, 1.807) is 0 Å². The minimum absolute atomic E-state index is 0.0387. The Hall–Kier alpha value is -1.54. The number of carbonyl (C=O) groups is 1. The van der Waals surface area contributed by atoms with Crippen LogP contribution in [0.15, 0.2) is 33.9 Å². The molecule has 1 atom stereocenters. The number of benzene rings is 1. The van der Waals surface area contributed by atoms with Gasteiger partial charge < -0.3 is 11.2 Å². The molecule has 1 aromatic heterocycles. The highest BCUT2D eigenvalue weighted by Gasteiger charge is 2.15. The van der Waals surface area contributed by atoms with E-state index in [-0.39, 0.29) is 17.7 Å². The van der Waals surface area contributed by atoms with E-state index in [9.17, 15) is 4.79 Å². The molecule has 23 heavy (non-hydrogen) atoms. The first-order valence-corrected chi connectivity index (χ1v) is 9.05. The maximum Gasteiger partial charge on any atom is 0.230 e. The fraction of sp³-hybridized carbons (Fsp3) is 0.400. The monoisotopic (exact) mass is 397 g/mol. The van der Waals surface area contributed by atoms with Gasteiger partial charge in [-0.25, -0.2) is 4.68 Å². The molecule has 0 aliphatic carbocycles. The number of nitrogen functional groups attached to an aromatic ring is 1. The van der Waals surface area contributed by atoms with Gasteiger partial charge in [0.05, 0.1) is 5.75 Å². The Kier molecular flexibility index (Phi) is 6.06. The predicted molar refractivity (Wildman–Crippen MR) is 96.5 cm³/mol. The third-order valence-electron chi connectivity index (χ3n) is 3.47. The summed E-state index contributed by atoms with van der Waals surface area (Å²) < 4.78 is 2.35. The maximum atomic E-state index is 11.9. The van der Waals surface area contributed by atoms with Crippen LogP contribution in [-0.2, 0) is 4.79 Å². The fourth-order valence-electron chi connectivity index (χ4n) is 1.79. The Labute approximate surface area is 148 Å². The lowest BCUT2D eigenvalue weighted by Crippen LogP contribution is -2.37. The van der Waals surface area contributed by atoms with E-state index >= 15 is 0 Å². The van der Waals surface area contributed by atoms with Gasteiger partial charge in [0.25, 0.3) is 0 Å². The van der Waals surface area contributed by atoms with Crippen molar-refractivity contribution in [2.75, 3.05) is 11.6 Å². The summed E-state index contributed by atoms with van der Waals surface area (Å²) in [7, 11) is 0. The van der Waals surface area contributed by atoms with Crippen molar-refractivity contribution in [2.45, 2.75) is 32.0 Å². The molecule has 0 fully saturated rings. The van der Waals surface area contributed by atoms with Gasteiger partial charge in [-0.05, 0) is 25.0 Å². The second-order valence-corrected chi connectivity index (χ2v) is 7.43. The molecule has 2 rings (SSSR count). The number of hydrogen-bond acceptors (Lipinski definition) is 5. The zero-order chi connectivity index (χ0) is 17.0. The van der Waals surface area contributed by atoms with Gasteiger partial charge in [-0.2, -0.15) is 0 Å². The third-order valence-corrected chi connectivity index (χ3v) is 4.90. The molecule has 1 heterocycles. The van der Waals surface area contributed by atoms with Crippen molar-refractivity contribution in [3.05, 3.63) is 28.7 Å². The summed E-state index contributed by atoms with van der Waals surface area (Å²) in [4.78, 5) is 11.9. The first-order valence-electron chi connectivity index (χ1n) is 7.27. The molecule has 3 N–H and O–H groups in total. The average molecular weight is 398 g/mol. The Morgan fingerprint density at radius 1 is 1.39 bits per heavy atom. The zero-order valence-electron chi connectivity index (χ0n) is 13.3. The van der Waals surface area contributed by atoms with Crippen LogP contribution in [0.25, 0.3) is 11.4 Å². The topological polar surface area (TPSA) is 85.8 Å². The standard InChI is InChI=1S/C15H20BrN5OS/c1-9(2)10(3)18-13(22)8-23-15-20-19-14(21(15)17)11-5-4-6-12(16)7-11/h4-7,9-10H,8,17H2,1-3H3,(H,18,22)/t10-/m1/s1. The number of thioether (sulfide) groups is 1. The Balaban J connectivity index is 2.01. The number of hydrogen-bond donors (Lipinski definition) is 2. The first-order chi connectivity index (χ1) is 10.9. The molecule has 0 spiro atoms. The molecule has 0 aliphatic heterocycles. The van der Waals surface area contributed by atoms with Gasteiger partial charge in [-0.3, -0.25) is 4.79 Å². The van der Waals surface area contributed by atoms with Gasteiger partial charge in [0, 0.05) is 16.1 Å². The molecule has 2 aromatic rings. The van der Waals surface area contributed by atoms with Crippen LogP contribution >= 0.6 is 27.7 Å². The smallest absolute Gasteiger partial charge is 0.230 e. The molecule has 124 valence electrons. The second-order valence-electron chi connectivity index (χ2n) is 5.58. The lowest BCUT2D eigenvalue weighted by atomic mass is 10.1. The normalized spacial score (nSPS) is 12.4. The highest BCUT2D eigenvalue weighted by atomic mass is 79.9. The molecule has 0 saturated carbocycles. The lowest BCUT2D eigenvalue weighted by molar-refractivity contribution is -0.119. The van der Waals surface area contributed by atoms with Crippen molar-refractivity contribution in [2.24, 2.45) is 5.92 Å². The van der Waals surface area contributed by atoms with E-state index in [1.807, 2.05) is 31.2 Å². The van der Waals surface area contributed by atoms with Crippen LogP contribution in [0.1, 0.15) is 20.8 Å². The molecular formula is C15H20BrN5OS. The van der Waals surface area contributed by atoms with Crippen molar-refractivity contribution < 1.29 is 4.79 Å². The molecule has 0 radical (unpaired) electrons. The molecule has 6 nitrogen and oxygen atoms in total. The van der Waals surface area contributed by atoms with Crippen LogP contribution in [0.3, 0.4) is 0 Å². The van der Waals surface area contributed by atoms with E-state index < -0.39 is 0 Å². The van der Waals surface area contributed by atoms with Gasteiger partial charge in [0.15, 0.2) is 5.82 Å². The predicted octanol–water partition coefficient (Wildman–Crippen LogP) is 2.67. The molecule has 1 amide bonds. The molecule has 1 aromatic carbocycles. The number of aromatic nitrogens is 3. The van der Waals surface area contributed by atoms with Crippen molar-refractivity contribution in [3.63, 3.8) is 0 Å². The van der Waals surface area contributed by atoms with E-state index in [0.29, 0.717) is 16.9 Å². The quantitative estimate of drug-likeness (QED) is 0.577. The molecular weight excluding hydrogens is 378 g/mol. The zero-order valence-corrected chi connectivity index (χ0v) is 15.7. The number of rotatable bonds is 6. The number of carbonyl (C=O) groups excluding carboxylic acids is 1. The Morgan fingerprint density at radius 3 is 2.78 bits per heavy atom. The number of nitrogens with zero attached hydrogens (tertiary/aromatic N) is 3. The van der Waals surface area contributed by atoms with Crippen molar-refractivity contribution in [1.29, 1.82) is 0 Å². The van der Waals surface area contributed by atoms with Crippen LogP contribution in [0, 0.1) is 5.92 Å². The number of amides is 1. The van der Waals surface area contributed by atoms with Crippen molar-refractivity contribution in [1.82, 2.24) is 20.2 Å². The number of nitrogens with two attached hydrogens (primary N) is 1. The van der Waals surface area contributed by atoms with Gasteiger partial charge in [-0.1, -0.05) is 53.7 Å². The SMILES string of the molecule is CC(C)[C@@H](C)NC(=O)CSc1nnc(-c2cccc(Br)c2)n1N. The highest BCUT2D eigenvalue weighted by molar-refractivity contribution is 9.10. The summed E-state index contributed by atoms with van der Waals surface area (Å²) in [6, 6.07) is 7.79. The van der Waals surface area contributed by atoms with Crippen LogP contribution in [0.4, 0.5) is 0 Å². The number of nitrogens with one attached hydrogen (secondary N) is 1. The molecule has 0 saturated heterocycles. The minimum atomic E-state index is -0.0387. The lowest BCUT2D eigenvalue weighted by Gasteiger charge is -2.16. The van der Waals surface area contributed by atoms with Crippen molar-refractivity contribution >= 4 is 33.6 Å². The maximum absolute atomic E-state index is 11.9. The fourth-order valence-corrected chi connectivity index (χ4v) is 2.86. The molecule has 8 heteroatoms. The van der Waals surface area contributed by atoms with E-state index in [4.69, 9.17) is 5.84 Å².